The van der Waals surface area contributed by atoms with Crippen molar-refractivity contribution in [3.05, 3.63) is 0 Å². The minimum Gasteiger partial charge on any atom is -0.390 e. The molecule has 2 saturated heterocycles. The van der Waals surface area contributed by atoms with E-state index in [0.29, 0.717) is 17.8 Å². The second-order valence-electron chi connectivity index (χ2n) is 11.7. The van der Waals surface area contributed by atoms with Crippen molar-refractivity contribution in [2.45, 2.75) is 115 Å². The summed E-state index contributed by atoms with van der Waals surface area (Å²) >= 11 is 0. The van der Waals surface area contributed by atoms with Crippen molar-refractivity contribution >= 4 is 0 Å². The van der Waals surface area contributed by atoms with E-state index in [1.807, 2.05) is 0 Å². The van der Waals surface area contributed by atoms with Gasteiger partial charge in [0.05, 0.1) is 18.3 Å². The van der Waals surface area contributed by atoms with Crippen molar-refractivity contribution in [3.8, 4) is 0 Å². The molecule has 5 heteroatoms. The highest BCUT2D eigenvalue weighted by Crippen LogP contribution is 2.63. The summed E-state index contributed by atoms with van der Waals surface area (Å²) in [6.07, 6.45) is 10.4. The molecule has 30 heavy (non-hydrogen) atoms. The van der Waals surface area contributed by atoms with Crippen molar-refractivity contribution in [1.82, 2.24) is 4.90 Å². The molecule has 3 N–H and O–H groups in total. The Morgan fingerprint density at radius 3 is 2.47 bits per heavy atom. The third-order valence-electron chi connectivity index (χ3n) is 10.5. The quantitative estimate of drug-likeness (QED) is 0.638. The molecule has 2 heterocycles. The van der Waals surface area contributed by atoms with Gasteiger partial charge in [0.15, 0.2) is 0 Å². The van der Waals surface area contributed by atoms with Crippen LogP contribution in [0.1, 0.15) is 84.5 Å². The summed E-state index contributed by atoms with van der Waals surface area (Å²) in [5.41, 5.74) is 0.187. The molecule has 5 aliphatic rings. The summed E-state index contributed by atoms with van der Waals surface area (Å²) in [6.45, 7) is 6.62. The van der Waals surface area contributed by atoms with Gasteiger partial charge in [0.1, 0.15) is 6.23 Å². The van der Waals surface area contributed by atoms with E-state index in [1.54, 1.807) is 0 Å². The smallest absolute Gasteiger partial charge is 0.134 e. The largest absolute Gasteiger partial charge is 0.390 e. The van der Waals surface area contributed by atoms with Crippen molar-refractivity contribution in [1.29, 1.82) is 0 Å². The molecule has 5 nitrogen and oxygen atoms in total. The standard InChI is InChI=1S/C25H43NO4/c1-24-12-11-20(27)22(28)19(24)9-8-16-17(24)10-13-25(2)18(16)6-3-4-14-26(25)23(29)21-7-5-15-30-21/h16-23,27-29H,3-15H2,1-2H3/t16-,17+,18?,19?,20+,21-,22-,23?,24-,25+/m1/s1. The first-order chi connectivity index (χ1) is 14.4. The van der Waals surface area contributed by atoms with Crippen LogP contribution in [0.3, 0.4) is 0 Å². The fourth-order valence-corrected chi connectivity index (χ4v) is 8.87. The zero-order valence-corrected chi connectivity index (χ0v) is 19.0. The van der Waals surface area contributed by atoms with Crippen LogP contribution in [0, 0.1) is 29.1 Å². The molecule has 0 radical (unpaired) electrons. The maximum absolute atomic E-state index is 11.3. The molecule has 3 unspecified atom stereocenters. The number of aliphatic hydroxyl groups is 3. The topological polar surface area (TPSA) is 73.2 Å². The summed E-state index contributed by atoms with van der Waals surface area (Å²) in [4.78, 5) is 2.45. The molecule has 0 bridgehead atoms. The lowest BCUT2D eigenvalue weighted by molar-refractivity contribution is -0.198. The Kier molecular flexibility index (Phi) is 5.76. The molecular weight excluding hydrogens is 378 g/mol. The molecular formula is C25H43NO4. The average molecular weight is 422 g/mol. The summed E-state index contributed by atoms with van der Waals surface area (Å²) in [5, 5.41) is 32.4. The summed E-state index contributed by atoms with van der Waals surface area (Å²) in [7, 11) is 0. The van der Waals surface area contributed by atoms with Crippen molar-refractivity contribution in [3.63, 3.8) is 0 Å². The van der Waals surface area contributed by atoms with Crippen LogP contribution in [0.25, 0.3) is 0 Å². The van der Waals surface area contributed by atoms with E-state index in [-0.39, 0.29) is 23.0 Å². The molecule has 172 valence electrons. The first-order valence-corrected chi connectivity index (χ1v) is 12.8. The number of hydrogen-bond donors (Lipinski definition) is 3. The van der Waals surface area contributed by atoms with Crippen LogP contribution in [-0.4, -0.2) is 63.4 Å². The van der Waals surface area contributed by atoms with E-state index >= 15 is 0 Å². The Balaban J connectivity index is 1.42. The van der Waals surface area contributed by atoms with Crippen LogP contribution in [0.2, 0.25) is 0 Å². The minimum atomic E-state index is -0.551. The van der Waals surface area contributed by atoms with Crippen LogP contribution in [0.5, 0.6) is 0 Å². The van der Waals surface area contributed by atoms with Gasteiger partial charge in [-0.2, -0.15) is 0 Å². The Hall–Kier alpha value is -0.200. The first kappa shape index (κ1) is 21.6. The maximum atomic E-state index is 11.3. The van der Waals surface area contributed by atoms with E-state index in [9.17, 15) is 15.3 Å². The molecule has 3 aliphatic carbocycles. The zero-order valence-electron chi connectivity index (χ0n) is 19.0. The number of ether oxygens (including phenoxy) is 1. The molecule has 0 spiro atoms. The van der Waals surface area contributed by atoms with Gasteiger partial charge >= 0.3 is 0 Å². The molecule has 0 aromatic carbocycles. The molecule has 2 aliphatic heterocycles. The highest BCUT2D eigenvalue weighted by Gasteiger charge is 2.60. The number of rotatable bonds is 2. The van der Waals surface area contributed by atoms with Gasteiger partial charge in [0, 0.05) is 18.7 Å². The Morgan fingerprint density at radius 1 is 0.867 bits per heavy atom. The summed E-state index contributed by atoms with van der Waals surface area (Å²) in [6, 6.07) is 0. The van der Waals surface area contributed by atoms with Gasteiger partial charge in [-0.3, -0.25) is 4.90 Å². The highest BCUT2D eigenvalue weighted by atomic mass is 16.5. The summed E-state index contributed by atoms with van der Waals surface area (Å²) < 4.78 is 5.91. The fourth-order valence-electron chi connectivity index (χ4n) is 8.87. The maximum Gasteiger partial charge on any atom is 0.134 e. The van der Waals surface area contributed by atoms with Gasteiger partial charge < -0.3 is 20.1 Å². The molecule has 5 fully saturated rings. The molecule has 0 aromatic heterocycles. The Labute approximate surface area is 182 Å². The second-order valence-corrected chi connectivity index (χ2v) is 11.7. The summed E-state index contributed by atoms with van der Waals surface area (Å²) in [5.74, 6) is 2.16. The van der Waals surface area contributed by atoms with Crippen LogP contribution in [0.4, 0.5) is 0 Å². The van der Waals surface area contributed by atoms with Gasteiger partial charge in [-0.05, 0) is 100 Å². The Morgan fingerprint density at radius 2 is 1.70 bits per heavy atom. The molecule has 0 aromatic rings. The lowest BCUT2D eigenvalue weighted by atomic mass is 9.45. The lowest BCUT2D eigenvalue weighted by Gasteiger charge is -2.63. The SMILES string of the molecule is C[C@]12CC[C@H](O)[C@H](O)C1CC[C@H]1C3CCCCN(C(O)[C@H]4CCCO4)[C@@]3(C)CC[C@@H]12. The highest BCUT2D eigenvalue weighted by molar-refractivity contribution is 5.11. The van der Waals surface area contributed by atoms with E-state index in [1.165, 1.54) is 25.7 Å². The van der Waals surface area contributed by atoms with Gasteiger partial charge in [0.2, 0.25) is 0 Å². The predicted molar refractivity (Wildman–Crippen MR) is 116 cm³/mol. The van der Waals surface area contributed by atoms with E-state index in [2.05, 4.69) is 18.7 Å². The average Bonchev–Trinajstić information content (AvgIpc) is 3.20. The van der Waals surface area contributed by atoms with Crippen molar-refractivity contribution in [2.24, 2.45) is 29.1 Å². The van der Waals surface area contributed by atoms with Crippen LogP contribution >= 0.6 is 0 Å². The van der Waals surface area contributed by atoms with Crippen LogP contribution < -0.4 is 0 Å². The molecule has 3 saturated carbocycles. The van der Waals surface area contributed by atoms with Gasteiger partial charge in [-0.15, -0.1) is 0 Å². The van der Waals surface area contributed by atoms with E-state index in [4.69, 9.17) is 4.74 Å². The van der Waals surface area contributed by atoms with Gasteiger partial charge in [-0.25, -0.2) is 0 Å². The number of hydrogen-bond acceptors (Lipinski definition) is 5. The van der Waals surface area contributed by atoms with Crippen LogP contribution in [-0.2, 0) is 4.74 Å². The monoisotopic (exact) mass is 421 g/mol. The van der Waals surface area contributed by atoms with Crippen LogP contribution in [0.15, 0.2) is 0 Å². The third kappa shape index (κ3) is 3.22. The second kappa shape index (κ2) is 7.98. The number of fused-ring (bicyclic) bond motifs is 5. The fraction of sp³-hybridized carbons (Fsp3) is 1.00. The van der Waals surface area contributed by atoms with E-state index < -0.39 is 18.4 Å². The zero-order chi connectivity index (χ0) is 21.1. The number of likely N-dealkylation sites (tertiary alicyclic amines) is 1. The number of aliphatic hydroxyl groups excluding tert-OH is 3. The van der Waals surface area contributed by atoms with Gasteiger partial charge in [0.25, 0.3) is 0 Å². The van der Waals surface area contributed by atoms with Crippen molar-refractivity contribution in [2.75, 3.05) is 13.2 Å². The minimum absolute atomic E-state index is 0.0264. The predicted octanol–water partition coefficient (Wildman–Crippen LogP) is 3.30. The molecule has 0 amide bonds. The Bertz CT molecular complexity index is 624. The van der Waals surface area contributed by atoms with Gasteiger partial charge in [-0.1, -0.05) is 13.3 Å². The third-order valence-corrected chi connectivity index (χ3v) is 10.5. The molecule has 5 rings (SSSR count). The number of nitrogens with zero attached hydrogens (tertiary/aromatic N) is 1. The first-order valence-electron chi connectivity index (χ1n) is 12.8. The molecule has 10 atom stereocenters. The van der Waals surface area contributed by atoms with Crippen molar-refractivity contribution < 1.29 is 20.1 Å². The van der Waals surface area contributed by atoms with E-state index in [0.717, 1.165) is 58.1 Å². The lowest BCUT2D eigenvalue weighted by Crippen LogP contribution is -2.65. The normalized spacial score (nSPS) is 53.3.